The van der Waals surface area contributed by atoms with Crippen LogP contribution in [0.5, 0.6) is 0 Å². The quantitative estimate of drug-likeness (QED) is 0.809. The third-order valence-electron chi connectivity index (χ3n) is 5.97. The van der Waals surface area contributed by atoms with E-state index in [-0.39, 0.29) is 5.91 Å². The van der Waals surface area contributed by atoms with Gasteiger partial charge in [-0.15, -0.1) is 0 Å². The van der Waals surface area contributed by atoms with E-state index in [0.717, 1.165) is 50.3 Å². The zero-order valence-corrected chi connectivity index (χ0v) is 16.7. The number of carbonyl (C=O) groups excluding carboxylic acids is 1. The van der Waals surface area contributed by atoms with Crippen LogP contribution in [0.15, 0.2) is 42.6 Å². The molecule has 0 spiro atoms. The number of nitrogens with zero attached hydrogens (tertiary/aromatic N) is 3. The Morgan fingerprint density at radius 2 is 1.71 bits per heavy atom. The summed E-state index contributed by atoms with van der Waals surface area (Å²) >= 11 is 0. The molecule has 1 aromatic heterocycles. The zero-order chi connectivity index (χ0) is 19.3. The van der Waals surface area contributed by atoms with Crippen molar-refractivity contribution < 1.29 is 4.79 Å². The van der Waals surface area contributed by atoms with Gasteiger partial charge in [0.25, 0.3) is 5.91 Å². The summed E-state index contributed by atoms with van der Waals surface area (Å²) in [5, 5.41) is 3.38. The highest BCUT2D eigenvalue weighted by atomic mass is 16.2. The molecule has 3 heterocycles. The van der Waals surface area contributed by atoms with E-state index in [1.165, 1.54) is 24.9 Å². The van der Waals surface area contributed by atoms with Crippen molar-refractivity contribution in [2.75, 3.05) is 29.9 Å². The summed E-state index contributed by atoms with van der Waals surface area (Å²) in [6.45, 7) is 5.32. The highest BCUT2D eigenvalue weighted by molar-refractivity contribution is 5.92. The molecule has 0 bridgehead atoms. The van der Waals surface area contributed by atoms with Crippen LogP contribution in [0.3, 0.4) is 0 Å². The van der Waals surface area contributed by atoms with Crippen molar-refractivity contribution in [1.82, 2.24) is 9.88 Å². The Bertz CT molecular complexity index is 781. The second kappa shape index (κ2) is 8.63. The maximum Gasteiger partial charge on any atom is 0.272 e. The molecule has 0 radical (unpaired) electrons. The van der Waals surface area contributed by atoms with E-state index in [9.17, 15) is 4.79 Å². The number of benzene rings is 1. The first-order valence-corrected chi connectivity index (χ1v) is 10.6. The van der Waals surface area contributed by atoms with Crippen LogP contribution in [0.1, 0.15) is 55.9 Å². The molecule has 0 aliphatic carbocycles. The van der Waals surface area contributed by atoms with E-state index in [1.807, 2.05) is 17.0 Å². The van der Waals surface area contributed by atoms with E-state index in [4.69, 9.17) is 0 Å². The fourth-order valence-corrected chi connectivity index (χ4v) is 4.33. The minimum Gasteiger partial charge on any atom is -0.372 e. The Morgan fingerprint density at radius 3 is 2.39 bits per heavy atom. The van der Waals surface area contributed by atoms with E-state index in [0.29, 0.717) is 11.7 Å². The number of hydrogen-bond acceptors (Lipinski definition) is 4. The fraction of sp³-hybridized carbons (Fsp3) is 0.478. The summed E-state index contributed by atoms with van der Waals surface area (Å²) in [6.07, 6.45) is 8.76. The van der Waals surface area contributed by atoms with Gasteiger partial charge in [0.15, 0.2) is 0 Å². The molecule has 2 fully saturated rings. The van der Waals surface area contributed by atoms with Crippen LogP contribution < -0.4 is 10.2 Å². The Kier molecular flexibility index (Phi) is 5.79. The SMILES string of the molecule is CCC1CCCCN1C(=O)c1ccc(Nc2ccc(N3CCCC3)cc2)cn1. The van der Waals surface area contributed by atoms with Crippen molar-refractivity contribution in [3.8, 4) is 0 Å². The maximum absolute atomic E-state index is 12.8. The summed E-state index contributed by atoms with van der Waals surface area (Å²) in [5.41, 5.74) is 3.76. The maximum atomic E-state index is 12.8. The number of aromatic nitrogens is 1. The molecule has 1 atom stereocenters. The molecule has 148 valence electrons. The lowest BCUT2D eigenvalue weighted by Crippen LogP contribution is -2.43. The van der Waals surface area contributed by atoms with Crippen molar-refractivity contribution in [3.63, 3.8) is 0 Å². The molecule has 1 aromatic carbocycles. The summed E-state index contributed by atoms with van der Waals surface area (Å²) < 4.78 is 0. The number of nitrogens with one attached hydrogen (secondary N) is 1. The van der Waals surface area contributed by atoms with Crippen LogP contribution >= 0.6 is 0 Å². The molecule has 2 saturated heterocycles. The molecule has 1 N–H and O–H groups in total. The van der Waals surface area contributed by atoms with E-state index in [2.05, 4.69) is 46.4 Å². The summed E-state index contributed by atoms with van der Waals surface area (Å²) in [6, 6.07) is 12.7. The summed E-state index contributed by atoms with van der Waals surface area (Å²) in [7, 11) is 0. The van der Waals surface area contributed by atoms with Gasteiger partial charge in [-0.1, -0.05) is 6.92 Å². The van der Waals surface area contributed by atoms with Gasteiger partial charge < -0.3 is 15.1 Å². The summed E-state index contributed by atoms with van der Waals surface area (Å²) in [5.74, 6) is 0.0630. The highest BCUT2D eigenvalue weighted by Crippen LogP contribution is 2.25. The molecule has 4 rings (SSSR count). The largest absolute Gasteiger partial charge is 0.372 e. The topological polar surface area (TPSA) is 48.5 Å². The van der Waals surface area contributed by atoms with Gasteiger partial charge in [0.05, 0.1) is 11.9 Å². The molecular formula is C23H30N4O. The summed E-state index contributed by atoms with van der Waals surface area (Å²) in [4.78, 5) is 21.7. The van der Waals surface area contributed by atoms with Crippen LogP contribution in [0.4, 0.5) is 17.1 Å². The van der Waals surface area contributed by atoms with Crippen molar-refractivity contribution in [2.24, 2.45) is 0 Å². The third-order valence-corrected chi connectivity index (χ3v) is 5.97. The van der Waals surface area contributed by atoms with Gasteiger partial charge >= 0.3 is 0 Å². The number of likely N-dealkylation sites (tertiary alicyclic amines) is 1. The predicted molar refractivity (Wildman–Crippen MR) is 114 cm³/mol. The molecule has 2 aromatic rings. The Morgan fingerprint density at radius 1 is 1.00 bits per heavy atom. The van der Waals surface area contributed by atoms with Crippen LogP contribution in [0, 0.1) is 0 Å². The lowest BCUT2D eigenvalue weighted by atomic mass is 9.99. The minimum absolute atomic E-state index is 0.0630. The van der Waals surface area contributed by atoms with Crippen molar-refractivity contribution >= 4 is 23.0 Å². The van der Waals surface area contributed by atoms with Crippen molar-refractivity contribution in [1.29, 1.82) is 0 Å². The third kappa shape index (κ3) is 4.13. The van der Waals surface area contributed by atoms with Crippen LogP contribution in [-0.4, -0.2) is 41.5 Å². The number of amides is 1. The molecule has 0 saturated carbocycles. The van der Waals surface area contributed by atoms with Gasteiger partial charge in [0, 0.05) is 37.1 Å². The monoisotopic (exact) mass is 378 g/mol. The smallest absolute Gasteiger partial charge is 0.272 e. The normalized spacial score (nSPS) is 19.7. The molecule has 28 heavy (non-hydrogen) atoms. The van der Waals surface area contributed by atoms with E-state index in [1.54, 1.807) is 6.20 Å². The second-order valence-corrected chi connectivity index (χ2v) is 7.85. The average molecular weight is 379 g/mol. The molecule has 2 aliphatic rings. The second-order valence-electron chi connectivity index (χ2n) is 7.85. The number of rotatable bonds is 5. The highest BCUT2D eigenvalue weighted by Gasteiger charge is 2.26. The Labute approximate surface area is 167 Å². The van der Waals surface area contributed by atoms with Gasteiger partial charge in [-0.25, -0.2) is 4.98 Å². The first-order chi connectivity index (χ1) is 13.7. The van der Waals surface area contributed by atoms with Gasteiger partial charge in [0.1, 0.15) is 5.69 Å². The number of hydrogen-bond donors (Lipinski definition) is 1. The van der Waals surface area contributed by atoms with Crippen LogP contribution in [-0.2, 0) is 0 Å². The van der Waals surface area contributed by atoms with Crippen LogP contribution in [0.25, 0.3) is 0 Å². The minimum atomic E-state index is 0.0630. The number of carbonyl (C=O) groups is 1. The first-order valence-electron chi connectivity index (χ1n) is 10.6. The molecule has 5 nitrogen and oxygen atoms in total. The van der Waals surface area contributed by atoms with Gasteiger partial charge in [-0.05, 0) is 74.9 Å². The number of piperidine rings is 1. The molecule has 1 unspecified atom stereocenters. The lowest BCUT2D eigenvalue weighted by Gasteiger charge is -2.35. The van der Waals surface area contributed by atoms with Crippen molar-refractivity contribution in [2.45, 2.75) is 51.5 Å². The molecule has 5 heteroatoms. The number of pyridine rings is 1. The van der Waals surface area contributed by atoms with E-state index >= 15 is 0 Å². The zero-order valence-electron chi connectivity index (χ0n) is 16.7. The predicted octanol–water partition coefficient (Wildman–Crippen LogP) is 4.83. The van der Waals surface area contributed by atoms with Crippen molar-refractivity contribution in [3.05, 3.63) is 48.3 Å². The number of anilines is 3. The van der Waals surface area contributed by atoms with Crippen LogP contribution in [0.2, 0.25) is 0 Å². The first kappa shape index (κ1) is 18.8. The van der Waals surface area contributed by atoms with E-state index < -0.39 is 0 Å². The van der Waals surface area contributed by atoms with Gasteiger partial charge in [-0.2, -0.15) is 0 Å². The lowest BCUT2D eigenvalue weighted by molar-refractivity contribution is 0.0602. The van der Waals surface area contributed by atoms with Gasteiger partial charge in [0.2, 0.25) is 0 Å². The molecular weight excluding hydrogens is 348 g/mol. The Balaban J connectivity index is 1.39. The average Bonchev–Trinajstić information content (AvgIpc) is 3.29. The molecule has 2 aliphatic heterocycles. The van der Waals surface area contributed by atoms with Gasteiger partial charge in [-0.3, -0.25) is 4.79 Å². The fourth-order valence-electron chi connectivity index (χ4n) is 4.33. The Hall–Kier alpha value is -2.56. The standard InChI is InChI=1S/C23H30N4O/c1-2-20-7-3-4-16-27(20)23(28)22-13-10-19(17-24-22)25-18-8-11-21(12-9-18)26-14-5-6-15-26/h8-13,17,20,25H,2-7,14-16H2,1H3. The molecule has 1 amide bonds.